The topological polar surface area (TPSA) is 98.1 Å². The first-order valence-corrected chi connectivity index (χ1v) is 11.2. The molecule has 2 N–H and O–H groups in total. The highest BCUT2D eigenvalue weighted by Gasteiger charge is 2.13. The van der Waals surface area contributed by atoms with Crippen LogP contribution in [0.5, 0.6) is 5.75 Å². The highest BCUT2D eigenvalue weighted by molar-refractivity contribution is 7.99. The van der Waals surface area contributed by atoms with Gasteiger partial charge in [0, 0.05) is 12.7 Å². The second kappa shape index (κ2) is 10.8. The Bertz CT molecular complexity index is 1090. The standard InChI is InChI=1S/C23H27N5O3S/c1-15-7-5-10-18(11-15)25-21(30)14-32-23-27-26-19(28(23)4)12-24-20(29)13-31-22-16(2)8-6-9-17(22)3/h5-11H,12-14H2,1-4H3,(H,24,29)(H,25,30). The van der Waals surface area contributed by atoms with Crippen molar-refractivity contribution >= 4 is 29.3 Å². The number of amides is 2. The lowest BCUT2D eigenvalue weighted by atomic mass is 10.1. The SMILES string of the molecule is Cc1cccc(NC(=O)CSc2nnc(CNC(=O)COc3c(C)cccc3C)n2C)c1. The Balaban J connectivity index is 1.46. The van der Waals surface area contributed by atoms with Crippen LogP contribution in [0.2, 0.25) is 0 Å². The van der Waals surface area contributed by atoms with Crippen LogP contribution in [0.4, 0.5) is 5.69 Å². The number of hydrogen-bond donors (Lipinski definition) is 2. The average molecular weight is 454 g/mol. The van der Waals surface area contributed by atoms with Crippen molar-refractivity contribution in [1.82, 2.24) is 20.1 Å². The maximum atomic E-state index is 12.2. The molecular weight excluding hydrogens is 426 g/mol. The van der Waals surface area contributed by atoms with Gasteiger partial charge in [-0.05, 0) is 49.6 Å². The highest BCUT2D eigenvalue weighted by atomic mass is 32.2. The molecule has 0 aliphatic heterocycles. The van der Waals surface area contributed by atoms with Gasteiger partial charge in [0.05, 0.1) is 12.3 Å². The third-order valence-corrected chi connectivity index (χ3v) is 5.78. The molecule has 0 aliphatic carbocycles. The quantitative estimate of drug-likeness (QED) is 0.483. The molecular formula is C23H27N5O3S. The molecule has 8 nitrogen and oxygen atoms in total. The number of para-hydroxylation sites is 1. The number of aromatic nitrogens is 3. The first-order chi connectivity index (χ1) is 15.3. The van der Waals surface area contributed by atoms with Crippen LogP contribution >= 0.6 is 11.8 Å². The number of ether oxygens (including phenoxy) is 1. The summed E-state index contributed by atoms with van der Waals surface area (Å²) >= 11 is 1.28. The van der Waals surface area contributed by atoms with Crippen LogP contribution in [-0.2, 0) is 23.2 Å². The number of nitrogens with zero attached hydrogens (tertiary/aromatic N) is 3. The molecule has 0 unspecified atom stereocenters. The number of hydrogen-bond acceptors (Lipinski definition) is 6. The molecule has 0 radical (unpaired) electrons. The van der Waals surface area contributed by atoms with E-state index in [1.807, 2.05) is 63.2 Å². The van der Waals surface area contributed by atoms with E-state index < -0.39 is 0 Å². The maximum absolute atomic E-state index is 12.2. The largest absolute Gasteiger partial charge is 0.483 e. The number of aryl methyl sites for hydroxylation is 3. The molecule has 0 saturated carbocycles. The molecule has 0 saturated heterocycles. The molecule has 0 fully saturated rings. The van der Waals surface area contributed by atoms with E-state index in [0.29, 0.717) is 11.0 Å². The van der Waals surface area contributed by atoms with E-state index in [1.165, 1.54) is 11.8 Å². The smallest absolute Gasteiger partial charge is 0.258 e. The first-order valence-electron chi connectivity index (χ1n) is 10.2. The zero-order valence-corrected chi connectivity index (χ0v) is 19.5. The van der Waals surface area contributed by atoms with Gasteiger partial charge in [0.15, 0.2) is 17.6 Å². The van der Waals surface area contributed by atoms with Gasteiger partial charge in [-0.1, -0.05) is 42.1 Å². The summed E-state index contributed by atoms with van der Waals surface area (Å²) in [4.78, 5) is 24.4. The van der Waals surface area contributed by atoms with E-state index in [4.69, 9.17) is 4.74 Å². The van der Waals surface area contributed by atoms with Gasteiger partial charge in [0.2, 0.25) is 5.91 Å². The predicted molar refractivity (Wildman–Crippen MR) is 125 cm³/mol. The van der Waals surface area contributed by atoms with Crippen molar-refractivity contribution in [3.8, 4) is 5.75 Å². The monoisotopic (exact) mass is 453 g/mol. The summed E-state index contributed by atoms with van der Waals surface area (Å²) in [5.41, 5.74) is 3.81. The molecule has 32 heavy (non-hydrogen) atoms. The van der Waals surface area contributed by atoms with Crippen LogP contribution in [0.15, 0.2) is 47.6 Å². The van der Waals surface area contributed by atoms with Gasteiger partial charge in [-0.3, -0.25) is 9.59 Å². The fraction of sp³-hybridized carbons (Fsp3) is 0.304. The molecule has 1 aromatic heterocycles. The molecule has 168 valence electrons. The number of carbonyl (C=O) groups is 2. The third-order valence-electron chi connectivity index (χ3n) is 4.76. The molecule has 3 aromatic rings. The van der Waals surface area contributed by atoms with Gasteiger partial charge in [-0.25, -0.2) is 0 Å². The molecule has 0 atom stereocenters. The summed E-state index contributed by atoms with van der Waals surface area (Å²) in [5, 5.41) is 14.5. The van der Waals surface area contributed by atoms with E-state index in [1.54, 1.807) is 11.6 Å². The second-order valence-electron chi connectivity index (χ2n) is 7.45. The number of benzene rings is 2. The van der Waals surface area contributed by atoms with Gasteiger partial charge in [-0.15, -0.1) is 10.2 Å². The first kappa shape index (κ1) is 23.3. The van der Waals surface area contributed by atoms with Gasteiger partial charge in [0.25, 0.3) is 5.91 Å². The van der Waals surface area contributed by atoms with Crippen LogP contribution in [0.25, 0.3) is 0 Å². The molecule has 3 rings (SSSR count). The maximum Gasteiger partial charge on any atom is 0.258 e. The van der Waals surface area contributed by atoms with Crippen LogP contribution in [0, 0.1) is 20.8 Å². The lowest BCUT2D eigenvalue weighted by molar-refractivity contribution is -0.123. The van der Waals surface area contributed by atoms with Crippen LogP contribution in [0.3, 0.4) is 0 Å². The van der Waals surface area contributed by atoms with Crippen molar-refractivity contribution < 1.29 is 14.3 Å². The summed E-state index contributed by atoms with van der Waals surface area (Å²) in [5.74, 6) is 1.15. The Hall–Kier alpha value is -3.33. The Morgan fingerprint density at radius 3 is 2.47 bits per heavy atom. The highest BCUT2D eigenvalue weighted by Crippen LogP contribution is 2.22. The lowest BCUT2D eigenvalue weighted by Crippen LogP contribution is -2.29. The fourth-order valence-corrected chi connectivity index (χ4v) is 3.80. The predicted octanol–water partition coefficient (Wildman–Crippen LogP) is 3.17. The van der Waals surface area contributed by atoms with Gasteiger partial charge < -0.3 is 19.9 Å². The summed E-state index contributed by atoms with van der Waals surface area (Å²) in [7, 11) is 1.80. The van der Waals surface area contributed by atoms with Crippen LogP contribution < -0.4 is 15.4 Å². The Labute approximate surface area is 191 Å². The summed E-state index contributed by atoms with van der Waals surface area (Å²) in [6.07, 6.45) is 0. The number of anilines is 1. The minimum absolute atomic E-state index is 0.0791. The van der Waals surface area contributed by atoms with Crippen LogP contribution in [-0.4, -0.2) is 38.9 Å². The van der Waals surface area contributed by atoms with Gasteiger partial charge in [-0.2, -0.15) is 0 Å². The van der Waals surface area contributed by atoms with Crippen LogP contribution in [0.1, 0.15) is 22.5 Å². The Morgan fingerprint density at radius 2 is 1.75 bits per heavy atom. The number of nitrogens with one attached hydrogen (secondary N) is 2. The van der Waals surface area contributed by atoms with E-state index in [-0.39, 0.29) is 30.7 Å². The van der Waals surface area contributed by atoms with Crippen molar-refractivity contribution in [1.29, 1.82) is 0 Å². The van der Waals surface area contributed by atoms with E-state index in [0.717, 1.165) is 28.1 Å². The van der Waals surface area contributed by atoms with Crippen molar-refractivity contribution in [3.63, 3.8) is 0 Å². The lowest BCUT2D eigenvalue weighted by Gasteiger charge is -2.12. The normalized spacial score (nSPS) is 10.6. The van der Waals surface area contributed by atoms with E-state index in [9.17, 15) is 9.59 Å². The molecule has 2 aromatic carbocycles. The molecule has 9 heteroatoms. The van der Waals surface area contributed by atoms with Gasteiger partial charge >= 0.3 is 0 Å². The Morgan fingerprint density at radius 1 is 1.03 bits per heavy atom. The minimum atomic E-state index is -0.248. The summed E-state index contributed by atoms with van der Waals surface area (Å²) in [6, 6.07) is 13.5. The zero-order chi connectivity index (χ0) is 23.1. The van der Waals surface area contributed by atoms with Gasteiger partial charge in [0.1, 0.15) is 5.75 Å². The fourth-order valence-electron chi connectivity index (χ4n) is 3.07. The molecule has 0 bridgehead atoms. The van der Waals surface area contributed by atoms with Crippen molar-refractivity contribution in [3.05, 3.63) is 65.0 Å². The number of thioether (sulfide) groups is 1. The van der Waals surface area contributed by atoms with Crippen molar-refractivity contribution in [2.24, 2.45) is 7.05 Å². The summed E-state index contributed by atoms with van der Waals surface area (Å²) in [6.45, 7) is 6.00. The van der Waals surface area contributed by atoms with Crippen molar-refractivity contribution in [2.45, 2.75) is 32.5 Å². The zero-order valence-electron chi connectivity index (χ0n) is 18.6. The van der Waals surface area contributed by atoms with E-state index >= 15 is 0 Å². The molecule has 0 spiro atoms. The summed E-state index contributed by atoms with van der Waals surface area (Å²) < 4.78 is 7.43. The van der Waals surface area contributed by atoms with E-state index in [2.05, 4.69) is 20.8 Å². The molecule has 2 amide bonds. The average Bonchev–Trinajstić information content (AvgIpc) is 3.10. The second-order valence-corrected chi connectivity index (χ2v) is 8.39. The molecule has 0 aliphatic rings. The van der Waals surface area contributed by atoms with Crippen molar-refractivity contribution in [2.75, 3.05) is 17.7 Å². The number of carbonyl (C=O) groups excluding carboxylic acids is 2. The molecule has 1 heterocycles. The Kier molecular flexibility index (Phi) is 7.88. The third kappa shape index (κ3) is 6.34. The number of rotatable bonds is 9. The minimum Gasteiger partial charge on any atom is -0.483 e.